The molecule has 0 saturated carbocycles. The van der Waals surface area contributed by atoms with E-state index < -0.39 is 0 Å². The van der Waals surface area contributed by atoms with E-state index in [9.17, 15) is 9.59 Å². The summed E-state index contributed by atoms with van der Waals surface area (Å²) < 4.78 is 5.42. The maximum Gasteiger partial charge on any atom is 0.251 e. The lowest BCUT2D eigenvalue weighted by atomic mass is 10.0. The van der Waals surface area contributed by atoms with Gasteiger partial charge in [-0.2, -0.15) is 0 Å². The van der Waals surface area contributed by atoms with Crippen molar-refractivity contribution in [2.24, 2.45) is 0 Å². The topological polar surface area (TPSA) is 65.6 Å². The fourth-order valence-electron chi connectivity index (χ4n) is 4.17. The zero-order valence-corrected chi connectivity index (χ0v) is 16.1. The van der Waals surface area contributed by atoms with Crippen LogP contribution in [0.4, 0.5) is 11.5 Å². The molecule has 6 nitrogen and oxygen atoms in total. The number of anilines is 2. The van der Waals surface area contributed by atoms with Gasteiger partial charge in [0.05, 0.1) is 13.2 Å². The first-order chi connectivity index (χ1) is 13.7. The lowest BCUT2D eigenvalue weighted by molar-refractivity contribution is -0.118. The molecule has 1 amide bonds. The van der Waals surface area contributed by atoms with Crippen LogP contribution in [-0.4, -0.2) is 43.2 Å². The molecular formula is C22H27N3O3. The number of H-pyrrole nitrogens is 1. The van der Waals surface area contributed by atoms with Crippen molar-refractivity contribution < 1.29 is 9.53 Å². The van der Waals surface area contributed by atoms with Crippen LogP contribution in [0.3, 0.4) is 0 Å². The van der Waals surface area contributed by atoms with E-state index in [1.165, 1.54) is 5.56 Å². The molecule has 1 atom stereocenters. The summed E-state index contributed by atoms with van der Waals surface area (Å²) in [7, 11) is 0. The molecule has 1 aromatic carbocycles. The predicted octanol–water partition coefficient (Wildman–Crippen LogP) is 2.73. The molecule has 3 heterocycles. The molecule has 0 spiro atoms. The van der Waals surface area contributed by atoms with Crippen LogP contribution in [-0.2, 0) is 16.0 Å². The molecule has 4 rings (SSSR count). The zero-order chi connectivity index (χ0) is 19.3. The summed E-state index contributed by atoms with van der Waals surface area (Å²) in [4.78, 5) is 32.3. The number of ether oxygens (including phenoxy) is 1. The molecule has 0 bridgehead atoms. The van der Waals surface area contributed by atoms with Gasteiger partial charge in [-0.05, 0) is 24.8 Å². The van der Waals surface area contributed by atoms with Crippen molar-refractivity contribution in [3.8, 4) is 0 Å². The molecular weight excluding hydrogens is 354 g/mol. The molecule has 0 unspecified atom stereocenters. The van der Waals surface area contributed by atoms with Crippen molar-refractivity contribution in [2.75, 3.05) is 36.1 Å². The van der Waals surface area contributed by atoms with Crippen molar-refractivity contribution in [3.05, 3.63) is 58.4 Å². The predicted molar refractivity (Wildman–Crippen MR) is 110 cm³/mol. The van der Waals surface area contributed by atoms with Crippen LogP contribution < -0.4 is 15.4 Å². The van der Waals surface area contributed by atoms with Crippen LogP contribution in [0.15, 0.2) is 47.3 Å². The van der Waals surface area contributed by atoms with Crippen molar-refractivity contribution in [1.29, 1.82) is 0 Å². The number of hydrogen-bond donors (Lipinski definition) is 1. The molecule has 2 aromatic rings. The SMILES string of the molecule is O=C1CCCC[C@H](Cc2ccccc2)N1c1cc(N2CCOCC2)cc(=O)[nH]1. The Morgan fingerprint density at radius 2 is 1.82 bits per heavy atom. The van der Waals surface area contributed by atoms with E-state index in [1.807, 2.05) is 29.2 Å². The minimum Gasteiger partial charge on any atom is -0.378 e. The molecule has 1 N–H and O–H groups in total. The second-order valence-electron chi connectivity index (χ2n) is 7.54. The summed E-state index contributed by atoms with van der Waals surface area (Å²) in [5.41, 5.74) is 1.89. The van der Waals surface area contributed by atoms with Crippen molar-refractivity contribution in [3.63, 3.8) is 0 Å². The average Bonchev–Trinajstić information content (AvgIpc) is 2.90. The Hall–Kier alpha value is -2.60. The molecule has 2 aliphatic rings. The van der Waals surface area contributed by atoms with Crippen LogP contribution in [0, 0.1) is 0 Å². The number of hydrogen-bond acceptors (Lipinski definition) is 4. The summed E-state index contributed by atoms with van der Waals surface area (Å²) in [6.07, 6.45) is 4.16. The van der Waals surface area contributed by atoms with Gasteiger partial charge >= 0.3 is 0 Å². The van der Waals surface area contributed by atoms with Gasteiger partial charge in [0.15, 0.2) is 0 Å². The Morgan fingerprint density at radius 1 is 1.04 bits per heavy atom. The van der Waals surface area contributed by atoms with Crippen LogP contribution in [0.5, 0.6) is 0 Å². The number of benzene rings is 1. The van der Waals surface area contributed by atoms with E-state index in [-0.39, 0.29) is 17.5 Å². The van der Waals surface area contributed by atoms with Gasteiger partial charge in [-0.25, -0.2) is 0 Å². The van der Waals surface area contributed by atoms with Crippen LogP contribution in [0.2, 0.25) is 0 Å². The molecule has 2 fully saturated rings. The smallest absolute Gasteiger partial charge is 0.251 e. The second-order valence-corrected chi connectivity index (χ2v) is 7.54. The molecule has 28 heavy (non-hydrogen) atoms. The fourth-order valence-corrected chi connectivity index (χ4v) is 4.17. The second kappa shape index (κ2) is 8.61. The summed E-state index contributed by atoms with van der Waals surface area (Å²) >= 11 is 0. The first-order valence-electron chi connectivity index (χ1n) is 10.1. The first kappa shape index (κ1) is 18.7. The number of pyridine rings is 1. The Bertz CT molecular complexity index is 859. The molecule has 0 radical (unpaired) electrons. The average molecular weight is 381 g/mol. The third-order valence-electron chi connectivity index (χ3n) is 5.58. The van der Waals surface area contributed by atoms with Crippen molar-refractivity contribution in [1.82, 2.24) is 4.98 Å². The third kappa shape index (κ3) is 4.28. The van der Waals surface area contributed by atoms with E-state index in [0.717, 1.165) is 44.5 Å². The lowest BCUT2D eigenvalue weighted by Crippen LogP contribution is -2.42. The number of amides is 1. The molecule has 2 saturated heterocycles. The number of aromatic amines is 1. The lowest BCUT2D eigenvalue weighted by Gasteiger charge is -2.32. The largest absolute Gasteiger partial charge is 0.378 e. The number of carbonyl (C=O) groups is 1. The minimum atomic E-state index is -0.172. The van der Waals surface area contributed by atoms with Crippen molar-refractivity contribution >= 4 is 17.4 Å². The van der Waals surface area contributed by atoms with E-state index >= 15 is 0 Å². The number of rotatable bonds is 4. The number of nitrogens with one attached hydrogen (secondary N) is 1. The van der Waals surface area contributed by atoms with Gasteiger partial charge in [0.1, 0.15) is 5.82 Å². The highest BCUT2D eigenvalue weighted by atomic mass is 16.5. The highest BCUT2D eigenvalue weighted by molar-refractivity contribution is 5.93. The molecule has 6 heteroatoms. The number of aromatic nitrogens is 1. The van der Waals surface area contributed by atoms with E-state index in [4.69, 9.17) is 4.74 Å². The quantitative estimate of drug-likeness (QED) is 0.884. The molecule has 148 valence electrons. The van der Waals surface area contributed by atoms with Gasteiger partial charge in [-0.1, -0.05) is 36.8 Å². The standard InChI is InChI=1S/C22H27N3O3/c26-21-16-19(24-10-12-28-13-11-24)15-20(23-21)25-18(8-4-5-9-22(25)27)14-17-6-2-1-3-7-17/h1-3,6-7,15-16,18H,4-5,8-14H2,(H,23,26)/t18-/m1/s1. The molecule has 0 aliphatic carbocycles. The van der Waals surface area contributed by atoms with Crippen LogP contribution in [0.25, 0.3) is 0 Å². The fraction of sp³-hybridized carbons (Fsp3) is 0.455. The maximum absolute atomic E-state index is 13.0. The van der Waals surface area contributed by atoms with E-state index in [1.54, 1.807) is 6.07 Å². The van der Waals surface area contributed by atoms with Crippen LogP contribution in [0.1, 0.15) is 31.2 Å². The third-order valence-corrected chi connectivity index (χ3v) is 5.58. The van der Waals surface area contributed by atoms with Gasteiger partial charge in [-0.15, -0.1) is 0 Å². The Morgan fingerprint density at radius 3 is 2.61 bits per heavy atom. The van der Waals surface area contributed by atoms with Gasteiger partial charge in [0.25, 0.3) is 5.56 Å². The summed E-state index contributed by atoms with van der Waals surface area (Å²) in [6, 6.07) is 13.9. The van der Waals surface area contributed by atoms with Gasteiger partial charge in [0, 0.05) is 43.4 Å². The summed E-state index contributed by atoms with van der Waals surface area (Å²) in [5, 5.41) is 0. The Balaban J connectivity index is 1.67. The molecule has 1 aromatic heterocycles. The highest BCUT2D eigenvalue weighted by Gasteiger charge is 2.29. The van der Waals surface area contributed by atoms with Crippen molar-refractivity contribution in [2.45, 2.75) is 38.1 Å². The summed E-state index contributed by atoms with van der Waals surface area (Å²) in [5.74, 6) is 0.704. The Labute approximate surface area is 165 Å². The van der Waals surface area contributed by atoms with Crippen LogP contribution >= 0.6 is 0 Å². The first-order valence-corrected chi connectivity index (χ1v) is 10.1. The van der Waals surface area contributed by atoms with Gasteiger partial charge < -0.3 is 14.6 Å². The number of carbonyl (C=O) groups excluding carboxylic acids is 1. The van der Waals surface area contributed by atoms with Gasteiger partial charge in [0.2, 0.25) is 5.91 Å². The zero-order valence-electron chi connectivity index (χ0n) is 16.1. The maximum atomic E-state index is 13.0. The minimum absolute atomic E-state index is 0.0491. The molecule has 2 aliphatic heterocycles. The van der Waals surface area contributed by atoms with E-state index in [0.29, 0.717) is 25.5 Å². The number of morpholine rings is 1. The number of nitrogens with zero attached hydrogens (tertiary/aromatic N) is 2. The highest BCUT2D eigenvalue weighted by Crippen LogP contribution is 2.28. The van der Waals surface area contributed by atoms with Gasteiger partial charge in [-0.3, -0.25) is 14.5 Å². The summed E-state index contributed by atoms with van der Waals surface area (Å²) in [6.45, 7) is 2.82. The Kier molecular flexibility index (Phi) is 5.76. The normalized spacial score (nSPS) is 20.9. The monoisotopic (exact) mass is 381 g/mol. The van der Waals surface area contributed by atoms with E-state index in [2.05, 4.69) is 22.0 Å².